The van der Waals surface area contributed by atoms with E-state index in [9.17, 15) is 9.59 Å². The van der Waals surface area contributed by atoms with Crippen molar-refractivity contribution in [1.82, 2.24) is 19.8 Å². The van der Waals surface area contributed by atoms with Gasteiger partial charge in [0.15, 0.2) is 0 Å². The summed E-state index contributed by atoms with van der Waals surface area (Å²) in [5.41, 5.74) is 3.52. The van der Waals surface area contributed by atoms with Crippen molar-refractivity contribution in [3.05, 3.63) is 101 Å². The highest BCUT2D eigenvalue weighted by Crippen LogP contribution is 2.24. The van der Waals surface area contributed by atoms with Crippen LogP contribution in [0, 0.1) is 0 Å². The number of hydrogen-bond acceptors (Lipinski definition) is 6. The number of benzene rings is 3. The Morgan fingerprint density at radius 2 is 1.55 bits per heavy atom. The van der Waals surface area contributed by atoms with E-state index in [0.29, 0.717) is 48.1 Å². The molecule has 0 unspecified atom stereocenters. The molecule has 192 valence electrons. The van der Waals surface area contributed by atoms with Gasteiger partial charge in [0.05, 0.1) is 23.4 Å². The summed E-state index contributed by atoms with van der Waals surface area (Å²) in [4.78, 5) is 38.1. The van der Waals surface area contributed by atoms with E-state index in [-0.39, 0.29) is 11.8 Å². The van der Waals surface area contributed by atoms with Crippen LogP contribution in [0.15, 0.2) is 85.2 Å². The highest BCUT2D eigenvalue weighted by molar-refractivity contribution is 6.33. The average Bonchev–Trinajstić information content (AvgIpc) is 2.97. The molecule has 2 amide bonds. The summed E-state index contributed by atoms with van der Waals surface area (Å²) in [6.07, 6.45) is 1.50. The predicted molar refractivity (Wildman–Crippen MR) is 147 cm³/mol. The molecule has 0 radical (unpaired) electrons. The Kier molecular flexibility index (Phi) is 7.51. The van der Waals surface area contributed by atoms with E-state index in [1.807, 2.05) is 42.5 Å². The first kappa shape index (κ1) is 25.2. The Morgan fingerprint density at radius 3 is 2.26 bits per heavy atom. The molecule has 0 aliphatic carbocycles. The zero-order chi connectivity index (χ0) is 26.5. The van der Waals surface area contributed by atoms with Crippen molar-refractivity contribution in [3.8, 4) is 17.0 Å². The van der Waals surface area contributed by atoms with E-state index in [0.717, 1.165) is 22.7 Å². The zero-order valence-corrected chi connectivity index (χ0v) is 21.6. The van der Waals surface area contributed by atoms with Crippen molar-refractivity contribution < 1.29 is 14.3 Å². The van der Waals surface area contributed by atoms with Crippen molar-refractivity contribution in [3.63, 3.8) is 0 Å². The van der Waals surface area contributed by atoms with E-state index in [1.165, 1.54) is 6.33 Å². The number of amides is 2. The van der Waals surface area contributed by atoms with Gasteiger partial charge in [0.2, 0.25) is 0 Å². The van der Waals surface area contributed by atoms with Gasteiger partial charge in [-0.15, -0.1) is 0 Å². The molecule has 3 aromatic carbocycles. The van der Waals surface area contributed by atoms with Gasteiger partial charge >= 0.3 is 0 Å². The molecule has 1 aliphatic rings. The normalized spacial score (nSPS) is 13.2. The van der Waals surface area contributed by atoms with Crippen LogP contribution in [-0.2, 0) is 0 Å². The first-order chi connectivity index (χ1) is 18.5. The minimum Gasteiger partial charge on any atom is -0.497 e. The van der Waals surface area contributed by atoms with E-state index in [1.54, 1.807) is 53.3 Å². The molecule has 1 fully saturated rings. The molecule has 5 rings (SSSR count). The van der Waals surface area contributed by atoms with Crippen LogP contribution in [0.4, 0.5) is 11.5 Å². The third kappa shape index (κ3) is 5.60. The zero-order valence-electron chi connectivity index (χ0n) is 20.8. The van der Waals surface area contributed by atoms with Crippen LogP contribution in [0.2, 0.25) is 5.02 Å². The standard InChI is InChI=1S/C29H26ClN5O3/c1-38-23-6-4-5-22(17-23)33-27-18-26(31-19-32-27)20-9-11-21(12-10-20)28(36)34-13-15-35(16-14-34)29(37)24-7-2-3-8-25(24)30/h2-12,17-19H,13-16H2,1H3,(H,31,32,33). The number of hydrogen-bond donors (Lipinski definition) is 1. The molecule has 4 aromatic rings. The smallest absolute Gasteiger partial charge is 0.255 e. The number of carbonyl (C=O) groups excluding carboxylic acids is 2. The fourth-order valence-electron chi connectivity index (χ4n) is 4.32. The molecule has 1 aliphatic heterocycles. The topological polar surface area (TPSA) is 87.7 Å². The molecule has 8 nitrogen and oxygen atoms in total. The molecule has 1 saturated heterocycles. The SMILES string of the molecule is COc1cccc(Nc2cc(-c3ccc(C(=O)N4CCN(C(=O)c5ccccc5Cl)CC4)cc3)ncn2)c1. The number of halogens is 1. The Morgan fingerprint density at radius 1 is 0.842 bits per heavy atom. The van der Waals surface area contributed by atoms with Crippen LogP contribution < -0.4 is 10.1 Å². The van der Waals surface area contributed by atoms with Crippen molar-refractivity contribution in [2.75, 3.05) is 38.6 Å². The number of rotatable bonds is 6. The summed E-state index contributed by atoms with van der Waals surface area (Å²) in [6.45, 7) is 1.83. The van der Waals surface area contributed by atoms with Crippen molar-refractivity contribution in [2.45, 2.75) is 0 Å². The Hall–Kier alpha value is -4.43. The fourth-order valence-corrected chi connectivity index (χ4v) is 4.53. The Labute approximate surface area is 225 Å². The summed E-state index contributed by atoms with van der Waals surface area (Å²) in [6, 6.07) is 23.8. The van der Waals surface area contributed by atoms with Crippen LogP contribution in [-0.4, -0.2) is 64.9 Å². The number of piperazine rings is 1. The molecule has 38 heavy (non-hydrogen) atoms. The van der Waals surface area contributed by atoms with Gasteiger partial charge in [0, 0.05) is 55.1 Å². The highest BCUT2D eigenvalue weighted by atomic mass is 35.5. The minimum atomic E-state index is -0.114. The summed E-state index contributed by atoms with van der Waals surface area (Å²) in [5, 5.41) is 3.69. The Balaban J connectivity index is 1.21. The monoisotopic (exact) mass is 527 g/mol. The summed E-state index contributed by atoms with van der Waals surface area (Å²) in [7, 11) is 1.62. The lowest BCUT2D eigenvalue weighted by molar-refractivity contribution is 0.0535. The van der Waals surface area contributed by atoms with Gasteiger partial charge in [-0.2, -0.15) is 0 Å². The van der Waals surface area contributed by atoms with E-state index >= 15 is 0 Å². The minimum absolute atomic E-state index is 0.0653. The quantitative estimate of drug-likeness (QED) is 0.373. The molecule has 0 saturated carbocycles. The van der Waals surface area contributed by atoms with Gasteiger partial charge in [-0.1, -0.05) is 41.9 Å². The molecule has 1 aromatic heterocycles. The van der Waals surface area contributed by atoms with Gasteiger partial charge in [-0.05, 0) is 36.4 Å². The van der Waals surface area contributed by atoms with E-state index in [4.69, 9.17) is 16.3 Å². The largest absolute Gasteiger partial charge is 0.497 e. The van der Waals surface area contributed by atoms with Gasteiger partial charge < -0.3 is 19.9 Å². The number of nitrogens with one attached hydrogen (secondary N) is 1. The maximum absolute atomic E-state index is 13.1. The molecule has 0 spiro atoms. The highest BCUT2D eigenvalue weighted by Gasteiger charge is 2.26. The number of nitrogens with zero attached hydrogens (tertiary/aromatic N) is 4. The first-order valence-electron chi connectivity index (χ1n) is 12.2. The maximum Gasteiger partial charge on any atom is 0.255 e. The van der Waals surface area contributed by atoms with Gasteiger partial charge in [0.1, 0.15) is 17.9 Å². The second-order valence-electron chi connectivity index (χ2n) is 8.79. The van der Waals surface area contributed by atoms with Gasteiger partial charge in [0.25, 0.3) is 11.8 Å². The molecule has 0 atom stereocenters. The van der Waals surface area contributed by atoms with Crippen molar-refractivity contribution in [2.24, 2.45) is 0 Å². The van der Waals surface area contributed by atoms with Gasteiger partial charge in [-0.3, -0.25) is 9.59 Å². The van der Waals surface area contributed by atoms with E-state index in [2.05, 4.69) is 15.3 Å². The summed E-state index contributed by atoms with van der Waals surface area (Å²) < 4.78 is 5.27. The van der Waals surface area contributed by atoms with Crippen LogP contribution in [0.3, 0.4) is 0 Å². The second kappa shape index (κ2) is 11.3. The molecule has 9 heteroatoms. The van der Waals surface area contributed by atoms with Crippen LogP contribution in [0.5, 0.6) is 5.75 Å². The third-order valence-electron chi connectivity index (χ3n) is 6.40. The van der Waals surface area contributed by atoms with Crippen molar-refractivity contribution in [1.29, 1.82) is 0 Å². The number of carbonyl (C=O) groups is 2. The van der Waals surface area contributed by atoms with Gasteiger partial charge in [-0.25, -0.2) is 9.97 Å². The molecule has 2 heterocycles. The van der Waals surface area contributed by atoms with Crippen molar-refractivity contribution >= 4 is 34.9 Å². The Bertz CT molecular complexity index is 1450. The fraction of sp³-hybridized carbons (Fsp3) is 0.172. The number of methoxy groups -OCH3 is 1. The summed E-state index contributed by atoms with van der Waals surface area (Å²) >= 11 is 6.18. The maximum atomic E-state index is 13.1. The average molecular weight is 528 g/mol. The van der Waals surface area contributed by atoms with Crippen LogP contribution in [0.25, 0.3) is 11.3 Å². The second-order valence-corrected chi connectivity index (χ2v) is 9.19. The summed E-state index contributed by atoms with van der Waals surface area (Å²) in [5.74, 6) is 1.22. The van der Waals surface area contributed by atoms with Crippen LogP contribution >= 0.6 is 11.6 Å². The number of anilines is 2. The number of ether oxygens (including phenoxy) is 1. The molecular weight excluding hydrogens is 502 g/mol. The third-order valence-corrected chi connectivity index (χ3v) is 6.72. The first-order valence-corrected chi connectivity index (χ1v) is 12.6. The molecular formula is C29H26ClN5O3. The lowest BCUT2D eigenvalue weighted by atomic mass is 10.1. The van der Waals surface area contributed by atoms with Crippen LogP contribution in [0.1, 0.15) is 20.7 Å². The molecule has 1 N–H and O–H groups in total. The lowest BCUT2D eigenvalue weighted by Gasteiger charge is -2.35. The lowest BCUT2D eigenvalue weighted by Crippen LogP contribution is -2.50. The molecule has 0 bridgehead atoms. The predicted octanol–water partition coefficient (Wildman–Crippen LogP) is 5.15. The van der Waals surface area contributed by atoms with E-state index < -0.39 is 0 Å². The number of aromatic nitrogens is 2.